The molecule has 7 heteroatoms. The van der Waals surface area contributed by atoms with Crippen molar-refractivity contribution in [1.29, 1.82) is 0 Å². The lowest BCUT2D eigenvalue weighted by atomic mass is 10.1. The van der Waals surface area contributed by atoms with Gasteiger partial charge in [0.25, 0.3) is 0 Å². The first-order chi connectivity index (χ1) is 12.7. The van der Waals surface area contributed by atoms with Gasteiger partial charge in [0.1, 0.15) is 12.2 Å². The molecule has 0 bridgehead atoms. The van der Waals surface area contributed by atoms with Gasteiger partial charge in [-0.1, -0.05) is 30.3 Å². The van der Waals surface area contributed by atoms with Crippen molar-refractivity contribution in [2.24, 2.45) is 18.0 Å². The lowest BCUT2D eigenvalue weighted by Crippen LogP contribution is -2.40. The molecule has 1 aromatic heterocycles. The molecule has 3 rings (SSSR count). The summed E-state index contributed by atoms with van der Waals surface area (Å²) in [6.07, 6.45) is 3.93. The summed E-state index contributed by atoms with van der Waals surface area (Å²) in [7, 11) is 3.69. The number of hydrogen-bond donors (Lipinski definition) is 2. The van der Waals surface area contributed by atoms with Crippen molar-refractivity contribution in [2.75, 3.05) is 33.2 Å². The molecule has 140 valence electrons. The van der Waals surface area contributed by atoms with Crippen molar-refractivity contribution in [2.45, 2.75) is 19.4 Å². The number of nitrogens with one attached hydrogen (secondary N) is 2. The molecule has 1 unspecified atom stereocenters. The van der Waals surface area contributed by atoms with Crippen molar-refractivity contribution in [3.05, 3.63) is 48.0 Å². The van der Waals surface area contributed by atoms with Gasteiger partial charge in [0, 0.05) is 33.7 Å². The van der Waals surface area contributed by atoms with Gasteiger partial charge in [-0.15, -0.1) is 0 Å². The van der Waals surface area contributed by atoms with Crippen LogP contribution in [-0.4, -0.2) is 58.9 Å². The van der Waals surface area contributed by atoms with Crippen molar-refractivity contribution in [3.8, 4) is 0 Å². The van der Waals surface area contributed by atoms with Crippen LogP contribution >= 0.6 is 0 Å². The average Bonchev–Trinajstić information content (AvgIpc) is 3.30. The highest BCUT2D eigenvalue weighted by molar-refractivity contribution is 5.79. The maximum absolute atomic E-state index is 4.30. The third-order valence-electron chi connectivity index (χ3n) is 4.93. The van der Waals surface area contributed by atoms with Gasteiger partial charge < -0.3 is 15.5 Å². The summed E-state index contributed by atoms with van der Waals surface area (Å²) in [6, 6.07) is 10.7. The molecule has 1 saturated heterocycles. The summed E-state index contributed by atoms with van der Waals surface area (Å²) >= 11 is 0. The second-order valence-corrected chi connectivity index (χ2v) is 6.80. The molecular formula is C19H29N7. The number of guanidine groups is 1. The summed E-state index contributed by atoms with van der Waals surface area (Å²) in [5, 5.41) is 10.8. The maximum Gasteiger partial charge on any atom is 0.191 e. The SMILES string of the molecule is CN=C(NCc1ncnn1C)NCC1CCN(CCc2ccccc2)C1. The Kier molecular flexibility index (Phi) is 6.60. The van der Waals surface area contributed by atoms with Gasteiger partial charge in [-0.2, -0.15) is 5.10 Å². The van der Waals surface area contributed by atoms with Crippen LogP contribution in [0.4, 0.5) is 0 Å². The molecule has 26 heavy (non-hydrogen) atoms. The lowest BCUT2D eigenvalue weighted by Gasteiger charge is -2.17. The maximum atomic E-state index is 4.30. The summed E-state index contributed by atoms with van der Waals surface area (Å²) in [5.74, 6) is 2.37. The van der Waals surface area contributed by atoms with Gasteiger partial charge in [0.2, 0.25) is 0 Å². The highest BCUT2D eigenvalue weighted by Gasteiger charge is 2.22. The molecule has 1 aliphatic heterocycles. The minimum absolute atomic E-state index is 0.615. The predicted octanol–water partition coefficient (Wildman–Crippen LogP) is 1.04. The van der Waals surface area contributed by atoms with Gasteiger partial charge in [-0.25, -0.2) is 4.98 Å². The van der Waals surface area contributed by atoms with Crippen LogP contribution in [0.25, 0.3) is 0 Å². The first-order valence-electron chi connectivity index (χ1n) is 9.28. The number of rotatable bonds is 7. The lowest BCUT2D eigenvalue weighted by molar-refractivity contribution is 0.328. The monoisotopic (exact) mass is 355 g/mol. The van der Waals surface area contributed by atoms with Crippen molar-refractivity contribution in [3.63, 3.8) is 0 Å². The van der Waals surface area contributed by atoms with E-state index in [2.05, 4.69) is 60.9 Å². The van der Waals surface area contributed by atoms with Crippen LogP contribution in [-0.2, 0) is 20.0 Å². The van der Waals surface area contributed by atoms with E-state index in [1.165, 1.54) is 18.5 Å². The largest absolute Gasteiger partial charge is 0.356 e. The van der Waals surface area contributed by atoms with E-state index in [9.17, 15) is 0 Å². The van der Waals surface area contributed by atoms with E-state index < -0.39 is 0 Å². The number of aryl methyl sites for hydroxylation is 1. The standard InChI is InChI=1S/C19H29N7/c1-20-19(22-13-18-23-15-24-25(18)2)21-12-17-9-11-26(14-17)10-8-16-6-4-3-5-7-16/h3-7,15,17H,8-14H2,1-2H3,(H2,20,21,22). The van der Waals surface area contributed by atoms with Gasteiger partial charge in [0.15, 0.2) is 5.96 Å². The fraction of sp³-hybridized carbons (Fsp3) is 0.526. The molecule has 1 fully saturated rings. The zero-order chi connectivity index (χ0) is 18.2. The Labute approximate surface area is 155 Å². The quantitative estimate of drug-likeness (QED) is 0.574. The predicted molar refractivity (Wildman–Crippen MR) is 104 cm³/mol. The van der Waals surface area contributed by atoms with Gasteiger partial charge in [0.05, 0.1) is 6.54 Å². The molecule has 2 N–H and O–H groups in total. The fourth-order valence-corrected chi connectivity index (χ4v) is 3.32. The number of aliphatic imine (C=N–C) groups is 1. The molecule has 1 atom stereocenters. The van der Waals surface area contributed by atoms with Crippen molar-refractivity contribution in [1.82, 2.24) is 30.3 Å². The molecule has 2 heterocycles. The molecule has 7 nitrogen and oxygen atoms in total. The molecule has 0 saturated carbocycles. The fourth-order valence-electron chi connectivity index (χ4n) is 3.32. The van der Waals surface area contributed by atoms with Crippen LogP contribution in [0.3, 0.4) is 0 Å². The highest BCUT2D eigenvalue weighted by Crippen LogP contribution is 2.16. The molecule has 1 aliphatic rings. The Hall–Kier alpha value is -2.41. The Bertz CT molecular complexity index is 695. The Balaban J connectivity index is 1.36. The van der Waals surface area contributed by atoms with Gasteiger partial charge in [-0.3, -0.25) is 9.67 Å². The van der Waals surface area contributed by atoms with Crippen LogP contribution in [0.2, 0.25) is 0 Å². The summed E-state index contributed by atoms with van der Waals surface area (Å²) in [4.78, 5) is 11.1. The van der Waals surface area contributed by atoms with E-state index >= 15 is 0 Å². The van der Waals surface area contributed by atoms with Crippen LogP contribution in [0.15, 0.2) is 41.7 Å². The first kappa shape index (κ1) is 18.4. The normalized spacial score (nSPS) is 18.2. The van der Waals surface area contributed by atoms with Crippen molar-refractivity contribution >= 4 is 5.96 Å². The smallest absolute Gasteiger partial charge is 0.191 e. The Morgan fingerprint density at radius 3 is 2.85 bits per heavy atom. The highest BCUT2D eigenvalue weighted by atomic mass is 15.3. The van der Waals surface area contributed by atoms with Gasteiger partial charge in [-0.05, 0) is 30.9 Å². The van der Waals surface area contributed by atoms with Crippen LogP contribution < -0.4 is 10.6 Å². The topological polar surface area (TPSA) is 70.4 Å². The van der Waals surface area contributed by atoms with E-state index in [0.29, 0.717) is 12.5 Å². The zero-order valence-corrected chi connectivity index (χ0v) is 15.7. The zero-order valence-electron chi connectivity index (χ0n) is 15.7. The number of benzene rings is 1. The summed E-state index contributed by atoms with van der Waals surface area (Å²) in [6.45, 7) is 5.04. The third-order valence-corrected chi connectivity index (χ3v) is 4.93. The Morgan fingerprint density at radius 1 is 1.27 bits per heavy atom. The molecule has 0 spiro atoms. The molecule has 0 aliphatic carbocycles. The minimum Gasteiger partial charge on any atom is -0.356 e. The van der Waals surface area contributed by atoms with E-state index in [4.69, 9.17) is 0 Å². The first-order valence-corrected chi connectivity index (χ1v) is 9.28. The number of likely N-dealkylation sites (tertiary alicyclic amines) is 1. The molecule has 1 aromatic carbocycles. The van der Waals surface area contributed by atoms with Crippen LogP contribution in [0.5, 0.6) is 0 Å². The average molecular weight is 355 g/mol. The van der Waals surface area contributed by atoms with Crippen LogP contribution in [0.1, 0.15) is 17.8 Å². The third kappa shape index (κ3) is 5.29. The Morgan fingerprint density at radius 2 is 2.12 bits per heavy atom. The van der Waals surface area contributed by atoms with E-state index in [1.807, 2.05) is 7.05 Å². The molecule has 0 radical (unpaired) electrons. The molecule has 0 amide bonds. The van der Waals surface area contributed by atoms with E-state index in [-0.39, 0.29) is 0 Å². The second-order valence-electron chi connectivity index (χ2n) is 6.80. The van der Waals surface area contributed by atoms with E-state index in [1.54, 1.807) is 18.1 Å². The summed E-state index contributed by atoms with van der Waals surface area (Å²) in [5.41, 5.74) is 1.42. The van der Waals surface area contributed by atoms with Crippen molar-refractivity contribution < 1.29 is 0 Å². The molecule has 2 aromatic rings. The number of aromatic nitrogens is 3. The van der Waals surface area contributed by atoms with E-state index in [0.717, 1.165) is 37.8 Å². The van der Waals surface area contributed by atoms with Gasteiger partial charge >= 0.3 is 0 Å². The number of nitrogens with zero attached hydrogens (tertiary/aromatic N) is 5. The minimum atomic E-state index is 0.615. The van der Waals surface area contributed by atoms with Crippen LogP contribution in [0, 0.1) is 5.92 Å². The number of hydrogen-bond acceptors (Lipinski definition) is 4. The molecular weight excluding hydrogens is 326 g/mol. The summed E-state index contributed by atoms with van der Waals surface area (Å²) < 4.78 is 1.77. The second kappa shape index (κ2) is 9.33.